The molecule has 224 valence electrons. The lowest BCUT2D eigenvalue weighted by Crippen LogP contribution is -2.42. The van der Waals surface area contributed by atoms with Crippen LogP contribution in [0.25, 0.3) is 21.9 Å². The van der Waals surface area contributed by atoms with Gasteiger partial charge in [0, 0.05) is 23.6 Å². The number of halogens is 1. The highest BCUT2D eigenvalue weighted by Gasteiger charge is 2.33. The number of aryl methyl sites for hydroxylation is 1. The molecule has 0 amide bonds. The van der Waals surface area contributed by atoms with Crippen molar-refractivity contribution < 1.29 is 19.2 Å². The number of ketones is 1. The minimum atomic E-state index is -0.585. The molecule has 44 heavy (non-hydrogen) atoms. The Labute approximate surface area is 262 Å². The van der Waals surface area contributed by atoms with Crippen LogP contribution in [0.1, 0.15) is 28.7 Å². The predicted octanol–water partition coefficient (Wildman–Crippen LogP) is 7.20. The topological polar surface area (TPSA) is 113 Å². The average Bonchev–Trinajstić information content (AvgIpc) is 3.37. The molecule has 6 rings (SSSR count). The van der Waals surface area contributed by atoms with Crippen molar-refractivity contribution in [1.82, 2.24) is 19.1 Å². The number of aromatic nitrogens is 3. The number of rotatable bonds is 9. The molecule has 2 aromatic heterocycles. The fraction of sp³-hybridized carbons (Fsp3) is 0.219. The van der Waals surface area contributed by atoms with Crippen molar-refractivity contribution in [2.24, 2.45) is 0 Å². The number of benzene rings is 3. The molecule has 0 bridgehead atoms. The van der Waals surface area contributed by atoms with Crippen molar-refractivity contribution in [3.63, 3.8) is 0 Å². The molecule has 1 fully saturated rings. The van der Waals surface area contributed by atoms with Crippen LogP contribution < -0.4 is 4.74 Å². The highest BCUT2D eigenvalue weighted by atomic mass is 35.5. The number of para-hydroxylation sites is 1. The van der Waals surface area contributed by atoms with Gasteiger partial charge in [-0.05, 0) is 55.6 Å². The van der Waals surface area contributed by atoms with Crippen LogP contribution in [-0.2, 0) is 4.74 Å². The molecule has 1 saturated heterocycles. The molecule has 0 radical (unpaired) electrons. The minimum Gasteiger partial charge on any atom is -0.497 e. The lowest BCUT2D eigenvalue weighted by Gasteiger charge is -2.37. The van der Waals surface area contributed by atoms with Crippen molar-refractivity contribution in [2.45, 2.75) is 30.6 Å². The molecule has 5 aromatic rings. The standard InChI is InChI=1S/C32H28ClN5O5S/c1-20-30-31(33)24-17-22(42-2)15-16-25(24)34-32(30)37(35-20)29-19-36(44-28-14-7-6-12-26(28)38(40)41)18-23(43-29)11-8-13-27(39)21-9-4-3-5-10-21/h3-10,12-17,23,29H,11,18-19H2,1-2H3/b13-8+/t23-,29-/m1/s1. The van der Waals surface area contributed by atoms with Crippen LogP contribution in [0.3, 0.4) is 0 Å². The first-order valence-corrected chi connectivity index (χ1v) is 15.1. The molecule has 3 aromatic carbocycles. The number of hydrogen-bond donors (Lipinski definition) is 0. The van der Waals surface area contributed by atoms with Gasteiger partial charge < -0.3 is 9.47 Å². The number of nitro benzene ring substituents is 1. The quantitative estimate of drug-likeness (QED) is 0.0549. The normalized spacial score (nSPS) is 17.4. The first kappa shape index (κ1) is 29.8. The van der Waals surface area contributed by atoms with Crippen LogP contribution in [0.2, 0.25) is 5.02 Å². The largest absolute Gasteiger partial charge is 0.497 e. The molecule has 0 aliphatic carbocycles. The van der Waals surface area contributed by atoms with Crippen LogP contribution in [0.4, 0.5) is 5.69 Å². The smallest absolute Gasteiger partial charge is 0.284 e. The minimum absolute atomic E-state index is 0.0289. The summed E-state index contributed by atoms with van der Waals surface area (Å²) in [7, 11) is 1.60. The molecule has 12 heteroatoms. The number of hydrogen-bond acceptors (Lipinski definition) is 9. The van der Waals surface area contributed by atoms with Gasteiger partial charge >= 0.3 is 0 Å². The van der Waals surface area contributed by atoms with Crippen molar-refractivity contribution in [3.8, 4) is 5.75 Å². The van der Waals surface area contributed by atoms with E-state index in [-0.39, 0.29) is 22.5 Å². The van der Waals surface area contributed by atoms with Gasteiger partial charge in [-0.2, -0.15) is 5.10 Å². The van der Waals surface area contributed by atoms with E-state index in [1.54, 1.807) is 54.3 Å². The van der Waals surface area contributed by atoms with E-state index in [0.717, 1.165) is 5.39 Å². The number of carbonyl (C=O) groups excluding carboxylic acids is 1. The third-order valence-corrected chi connectivity index (χ3v) is 8.84. The molecule has 0 N–H and O–H groups in total. The molecule has 0 saturated carbocycles. The van der Waals surface area contributed by atoms with Gasteiger partial charge in [0.2, 0.25) is 0 Å². The van der Waals surface area contributed by atoms with Crippen molar-refractivity contribution in [1.29, 1.82) is 0 Å². The number of allylic oxidation sites excluding steroid dienone is 1. The molecular weight excluding hydrogens is 602 g/mol. The van der Waals surface area contributed by atoms with E-state index in [1.165, 1.54) is 18.0 Å². The molecule has 0 spiro atoms. The van der Waals surface area contributed by atoms with E-state index in [2.05, 4.69) is 0 Å². The van der Waals surface area contributed by atoms with E-state index in [1.807, 2.05) is 47.6 Å². The second-order valence-corrected chi connectivity index (χ2v) is 11.8. The van der Waals surface area contributed by atoms with Crippen molar-refractivity contribution in [2.75, 3.05) is 20.2 Å². The van der Waals surface area contributed by atoms with E-state index in [4.69, 9.17) is 31.2 Å². The number of nitro groups is 1. The van der Waals surface area contributed by atoms with Crippen LogP contribution in [0, 0.1) is 17.0 Å². The van der Waals surface area contributed by atoms with Gasteiger partial charge in [-0.25, -0.2) is 14.0 Å². The second-order valence-electron chi connectivity index (χ2n) is 10.3. The Kier molecular flexibility index (Phi) is 8.62. The van der Waals surface area contributed by atoms with Gasteiger partial charge in [-0.3, -0.25) is 14.9 Å². The first-order chi connectivity index (χ1) is 21.3. The monoisotopic (exact) mass is 629 g/mol. The zero-order chi connectivity index (χ0) is 30.8. The van der Waals surface area contributed by atoms with Gasteiger partial charge in [0.15, 0.2) is 17.7 Å². The van der Waals surface area contributed by atoms with E-state index < -0.39 is 6.23 Å². The Balaban J connectivity index is 1.34. The summed E-state index contributed by atoms with van der Waals surface area (Å²) in [5.41, 5.74) is 2.58. The molecule has 1 aliphatic rings. The zero-order valence-electron chi connectivity index (χ0n) is 23.9. The van der Waals surface area contributed by atoms with E-state index in [0.29, 0.717) is 63.0 Å². The van der Waals surface area contributed by atoms with Crippen LogP contribution in [0.5, 0.6) is 5.75 Å². The van der Waals surface area contributed by atoms with Crippen molar-refractivity contribution >= 4 is 57.0 Å². The fourth-order valence-corrected chi connectivity index (χ4v) is 6.71. The Bertz CT molecular complexity index is 1900. The number of carbonyl (C=O) groups is 1. The summed E-state index contributed by atoms with van der Waals surface area (Å²) >= 11 is 8.21. The van der Waals surface area contributed by atoms with Gasteiger partial charge in [0.1, 0.15) is 10.6 Å². The number of methoxy groups -OCH3 is 1. The highest BCUT2D eigenvalue weighted by molar-refractivity contribution is 7.97. The molecule has 2 atom stereocenters. The van der Waals surface area contributed by atoms with Crippen molar-refractivity contribution in [3.05, 3.63) is 111 Å². The number of nitrogens with zero attached hydrogens (tertiary/aromatic N) is 5. The lowest BCUT2D eigenvalue weighted by molar-refractivity contribution is -0.387. The average molecular weight is 630 g/mol. The van der Waals surface area contributed by atoms with Crippen LogP contribution in [0.15, 0.2) is 89.8 Å². The Hall–Kier alpha value is -4.29. The zero-order valence-corrected chi connectivity index (χ0v) is 25.5. The molecular formula is C32H28ClN5O5S. The molecule has 0 unspecified atom stereocenters. The number of morpholine rings is 1. The third kappa shape index (κ3) is 6.04. The Morgan fingerprint density at radius 1 is 1.16 bits per heavy atom. The maximum absolute atomic E-state index is 12.7. The fourth-order valence-electron chi connectivity index (χ4n) is 5.24. The summed E-state index contributed by atoms with van der Waals surface area (Å²) in [5.74, 6) is 0.575. The van der Waals surface area contributed by atoms with Gasteiger partial charge in [-0.1, -0.05) is 60.1 Å². The van der Waals surface area contributed by atoms with Crippen LogP contribution in [-0.4, -0.2) is 56.1 Å². The number of pyridine rings is 1. The number of ether oxygens (including phenoxy) is 2. The first-order valence-electron chi connectivity index (χ1n) is 13.9. The maximum Gasteiger partial charge on any atom is 0.284 e. The maximum atomic E-state index is 12.7. The Morgan fingerprint density at radius 3 is 2.70 bits per heavy atom. The van der Waals surface area contributed by atoms with E-state index >= 15 is 0 Å². The van der Waals surface area contributed by atoms with Crippen LogP contribution >= 0.6 is 23.5 Å². The Morgan fingerprint density at radius 2 is 1.93 bits per heavy atom. The van der Waals surface area contributed by atoms with Gasteiger partial charge in [0.25, 0.3) is 5.69 Å². The highest BCUT2D eigenvalue weighted by Crippen LogP contribution is 2.38. The van der Waals surface area contributed by atoms with Gasteiger partial charge in [0.05, 0.1) is 46.3 Å². The summed E-state index contributed by atoms with van der Waals surface area (Å²) in [6.07, 6.45) is 2.87. The van der Waals surface area contributed by atoms with Gasteiger partial charge in [-0.15, -0.1) is 0 Å². The summed E-state index contributed by atoms with van der Waals surface area (Å²) in [5, 5.41) is 18.5. The lowest BCUT2D eigenvalue weighted by atomic mass is 10.1. The summed E-state index contributed by atoms with van der Waals surface area (Å²) < 4.78 is 15.7. The summed E-state index contributed by atoms with van der Waals surface area (Å²) in [4.78, 5) is 29.4. The SMILES string of the molecule is COc1ccc2nc3c(c(C)nn3[C@H]3CN(Sc4ccccc4[N+](=O)[O-])C[C@@H](C/C=C/C(=O)c4ccccc4)O3)c(Cl)c2c1. The van der Waals surface area contributed by atoms with E-state index in [9.17, 15) is 14.9 Å². The summed E-state index contributed by atoms with van der Waals surface area (Å²) in [6.45, 7) is 2.71. The molecule has 10 nitrogen and oxygen atoms in total. The third-order valence-electron chi connectivity index (χ3n) is 7.35. The summed E-state index contributed by atoms with van der Waals surface area (Å²) in [6, 6.07) is 21.2. The molecule has 1 aliphatic heterocycles. The number of fused-ring (bicyclic) bond motifs is 2. The molecule has 3 heterocycles. The second kappa shape index (κ2) is 12.7. The predicted molar refractivity (Wildman–Crippen MR) is 170 cm³/mol.